The summed E-state index contributed by atoms with van der Waals surface area (Å²) < 4.78 is 33.4. The predicted molar refractivity (Wildman–Crippen MR) is 80.3 cm³/mol. The lowest BCUT2D eigenvalue weighted by atomic mass is 10.3. The lowest BCUT2D eigenvalue weighted by Crippen LogP contribution is -2.49. The minimum absolute atomic E-state index is 0.0492. The van der Waals surface area contributed by atoms with E-state index in [0.717, 1.165) is 5.56 Å². The van der Waals surface area contributed by atoms with E-state index < -0.39 is 10.0 Å². The third-order valence-corrected chi connectivity index (χ3v) is 5.21. The molecule has 8 heteroatoms. The molecule has 2 rings (SSSR count). The maximum Gasteiger partial charge on any atom is 0.215 e. The first-order valence-corrected chi connectivity index (χ1v) is 8.79. The number of ether oxygens (including phenoxy) is 1. The smallest absolute Gasteiger partial charge is 0.215 e. The minimum Gasteiger partial charge on any atom is -0.373 e. The Morgan fingerprint density at radius 1 is 1.38 bits per heavy atom. The summed E-state index contributed by atoms with van der Waals surface area (Å²) in [5, 5.41) is 7.21. The summed E-state index contributed by atoms with van der Waals surface area (Å²) >= 11 is 0. The van der Waals surface area contributed by atoms with Crippen molar-refractivity contribution < 1.29 is 13.2 Å². The lowest BCUT2D eigenvalue weighted by molar-refractivity contribution is -0.0440. The summed E-state index contributed by atoms with van der Waals surface area (Å²) in [5.41, 5.74) is 1.04. The van der Waals surface area contributed by atoms with Gasteiger partial charge in [-0.05, 0) is 13.8 Å². The van der Waals surface area contributed by atoms with E-state index in [0.29, 0.717) is 26.2 Å². The van der Waals surface area contributed by atoms with Crippen LogP contribution in [0, 0.1) is 0 Å². The monoisotopic (exact) mass is 316 g/mol. The first-order valence-electron chi connectivity index (χ1n) is 7.18. The van der Waals surface area contributed by atoms with Gasteiger partial charge in [0.15, 0.2) is 0 Å². The van der Waals surface area contributed by atoms with Gasteiger partial charge in [0.1, 0.15) is 0 Å². The second kappa shape index (κ2) is 6.87. The quantitative estimate of drug-likeness (QED) is 0.745. The summed E-state index contributed by atoms with van der Waals surface area (Å²) in [5.74, 6) is 0.104. The Hall–Kier alpha value is -0.960. The second-order valence-electron chi connectivity index (χ2n) is 5.59. The molecule has 2 atom stereocenters. The highest BCUT2D eigenvalue weighted by Gasteiger charge is 2.30. The molecule has 2 unspecified atom stereocenters. The Morgan fingerprint density at radius 2 is 2.05 bits per heavy atom. The van der Waals surface area contributed by atoms with Crippen molar-refractivity contribution in [2.24, 2.45) is 7.05 Å². The maximum absolute atomic E-state index is 12.3. The fourth-order valence-electron chi connectivity index (χ4n) is 2.48. The van der Waals surface area contributed by atoms with Gasteiger partial charge in [0, 0.05) is 45.0 Å². The van der Waals surface area contributed by atoms with E-state index in [1.165, 1.54) is 4.31 Å². The van der Waals surface area contributed by atoms with E-state index in [2.05, 4.69) is 10.4 Å². The van der Waals surface area contributed by atoms with Crippen LogP contribution in [0.15, 0.2) is 12.4 Å². The van der Waals surface area contributed by atoms with Gasteiger partial charge in [0.25, 0.3) is 0 Å². The highest BCUT2D eigenvalue weighted by molar-refractivity contribution is 7.89. The van der Waals surface area contributed by atoms with Gasteiger partial charge in [-0.1, -0.05) is 0 Å². The zero-order valence-electron chi connectivity index (χ0n) is 12.8. The Bertz CT molecular complexity index is 548. The number of sulfonamides is 1. The van der Waals surface area contributed by atoms with Crippen molar-refractivity contribution in [1.29, 1.82) is 0 Å². The molecule has 21 heavy (non-hydrogen) atoms. The lowest BCUT2D eigenvalue weighted by Gasteiger charge is -2.34. The van der Waals surface area contributed by atoms with Crippen LogP contribution in [0.25, 0.3) is 0 Å². The number of hydrogen-bond donors (Lipinski definition) is 1. The van der Waals surface area contributed by atoms with E-state index in [9.17, 15) is 8.42 Å². The Morgan fingerprint density at radius 3 is 2.62 bits per heavy atom. The van der Waals surface area contributed by atoms with Gasteiger partial charge in [0.2, 0.25) is 10.0 Å². The molecule has 1 aliphatic heterocycles. The molecule has 1 saturated heterocycles. The summed E-state index contributed by atoms with van der Waals surface area (Å²) in [4.78, 5) is 0. The van der Waals surface area contributed by atoms with Crippen LogP contribution < -0.4 is 5.32 Å². The van der Waals surface area contributed by atoms with Crippen molar-refractivity contribution in [2.75, 3.05) is 25.4 Å². The standard InChI is InChI=1S/C13H24N4O3S/c1-11-8-17(9-12(2)20-11)21(18,19)5-4-14-6-13-7-15-16(3)10-13/h7,10-12,14H,4-6,8-9H2,1-3H3. The maximum atomic E-state index is 12.3. The molecule has 120 valence electrons. The zero-order chi connectivity index (χ0) is 15.5. The fourth-order valence-corrected chi connectivity index (χ4v) is 4.02. The summed E-state index contributed by atoms with van der Waals surface area (Å²) in [6, 6.07) is 0. The molecule has 1 fully saturated rings. The molecule has 0 spiro atoms. The van der Waals surface area contributed by atoms with Gasteiger partial charge in [-0.3, -0.25) is 4.68 Å². The number of aromatic nitrogens is 2. The van der Waals surface area contributed by atoms with E-state index in [-0.39, 0.29) is 18.0 Å². The number of morpholine rings is 1. The van der Waals surface area contributed by atoms with E-state index in [4.69, 9.17) is 4.74 Å². The summed E-state index contributed by atoms with van der Waals surface area (Å²) in [6.07, 6.45) is 3.58. The second-order valence-corrected chi connectivity index (χ2v) is 7.68. The molecular weight excluding hydrogens is 292 g/mol. The molecule has 2 heterocycles. The third-order valence-electron chi connectivity index (χ3n) is 3.40. The molecule has 0 saturated carbocycles. The average Bonchev–Trinajstić information content (AvgIpc) is 2.79. The van der Waals surface area contributed by atoms with Crippen LogP contribution in [-0.4, -0.2) is 60.1 Å². The van der Waals surface area contributed by atoms with Crippen molar-refractivity contribution in [3.05, 3.63) is 18.0 Å². The summed E-state index contributed by atoms with van der Waals surface area (Å²) in [7, 11) is -1.37. The molecule has 0 radical (unpaired) electrons. The van der Waals surface area contributed by atoms with Crippen LogP contribution in [0.5, 0.6) is 0 Å². The number of hydrogen-bond acceptors (Lipinski definition) is 5. The van der Waals surface area contributed by atoms with Crippen LogP contribution in [0.2, 0.25) is 0 Å². The van der Waals surface area contributed by atoms with Gasteiger partial charge in [-0.15, -0.1) is 0 Å². The first-order chi connectivity index (χ1) is 9.87. The topological polar surface area (TPSA) is 76.5 Å². The van der Waals surface area contributed by atoms with Gasteiger partial charge < -0.3 is 10.1 Å². The van der Waals surface area contributed by atoms with Crippen LogP contribution in [-0.2, 0) is 28.4 Å². The zero-order valence-corrected chi connectivity index (χ0v) is 13.6. The normalized spacial score (nSPS) is 24.3. The van der Waals surface area contributed by atoms with Crippen molar-refractivity contribution in [2.45, 2.75) is 32.6 Å². The fraction of sp³-hybridized carbons (Fsp3) is 0.769. The average molecular weight is 316 g/mol. The van der Waals surface area contributed by atoms with Crippen LogP contribution in [0.1, 0.15) is 19.4 Å². The van der Waals surface area contributed by atoms with Gasteiger partial charge in [0.05, 0.1) is 24.2 Å². The SMILES string of the molecule is CC1CN(S(=O)(=O)CCNCc2cnn(C)c2)CC(C)O1. The van der Waals surface area contributed by atoms with Crippen molar-refractivity contribution >= 4 is 10.0 Å². The minimum atomic E-state index is -3.23. The van der Waals surface area contributed by atoms with E-state index in [1.54, 1.807) is 10.9 Å². The number of nitrogens with zero attached hydrogens (tertiary/aromatic N) is 3. The molecule has 7 nitrogen and oxygen atoms in total. The van der Waals surface area contributed by atoms with Gasteiger partial charge >= 0.3 is 0 Å². The van der Waals surface area contributed by atoms with Crippen molar-refractivity contribution in [1.82, 2.24) is 19.4 Å². The van der Waals surface area contributed by atoms with Crippen molar-refractivity contribution in [3.8, 4) is 0 Å². The number of nitrogens with one attached hydrogen (secondary N) is 1. The largest absolute Gasteiger partial charge is 0.373 e. The van der Waals surface area contributed by atoms with Crippen LogP contribution in [0.3, 0.4) is 0 Å². The van der Waals surface area contributed by atoms with Gasteiger partial charge in [-0.2, -0.15) is 9.40 Å². The predicted octanol–water partition coefficient (Wildman–Crippen LogP) is -0.0513. The molecule has 0 aromatic carbocycles. The highest BCUT2D eigenvalue weighted by atomic mass is 32.2. The third kappa shape index (κ3) is 4.77. The molecule has 0 bridgehead atoms. The van der Waals surface area contributed by atoms with Crippen LogP contribution in [0.4, 0.5) is 0 Å². The Balaban J connectivity index is 1.78. The summed E-state index contributed by atoms with van der Waals surface area (Å²) in [6.45, 7) is 5.73. The molecule has 1 N–H and O–H groups in total. The first kappa shape index (κ1) is 16.4. The Labute approximate surface area is 126 Å². The highest BCUT2D eigenvalue weighted by Crippen LogP contribution is 2.14. The number of rotatable bonds is 6. The van der Waals surface area contributed by atoms with Gasteiger partial charge in [-0.25, -0.2) is 8.42 Å². The Kier molecular flexibility index (Phi) is 5.37. The molecule has 0 amide bonds. The molecule has 1 aromatic rings. The molecule has 1 aromatic heterocycles. The van der Waals surface area contributed by atoms with Crippen molar-refractivity contribution in [3.63, 3.8) is 0 Å². The van der Waals surface area contributed by atoms with Crippen LogP contribution >= 0.6 is 0 Å². The van der Waals surface area contributed by atoms with E-state index in [1.807, 2.05) is 27.1 Å². The number of aryl methyl sites for hydroxylation is 1. The molecular formula is C13H24N4O3S. The molecule has 1 aliphatic rings. The van der Waals surface area contributed by atoms with E-state index >= 15 is 0 Å². The molecule has 0 aliphatic carbocycles.